The minimum Gasteiger partial charge on any atom is -0.364 e. The second kappa shape index (κ2) is 12.0. The zero-order valence-corrected chi connectivity index (χ0v) is 17.8. The number of halogens is 1. The van der Waals surface area contributed by atoms with Gasteiger partial charge < -0.3 is 15.1 Å². The molecule has 1 aromatic rings. The lowest BCUT2D eigenvalue weighted by atomic mass is 10.2. The highest BCUT2D eigenvalue weighted by Crippen LogP contribution is 2.19. The lowest BCUT2D eigenvalue weighted by Gasteiger charge is -2.22. The lowest BCUT2D eigenvalue weighted by molar-refractivity contribution is 0.470. The number of guanidine groups is 1. The number of aliphatic imine (C=N–C) groups is 1. The number of nitrogens with one attached hydrogen (secondary N) is 1. The van der Waals surface area contributed by atoms with Gasteiger partial charge in [-0.2, -0.15) is 0 Å². The maximum absolute atomic E-state index is 4.80. The number of hydrogen-bond donors (Lipinski definition) is 1. The third-order valence-electron chi connectivity index (χ3n) is 4.10. The summed E-state index contributed by atoms with van der Waals surface area (Å²) in [7, 11) is 2.09. The van der Waals surface area contributed by atoms with Crippen molar-refractivity contribution in [2.24, 2.45) is 4.99 Å². The predicted octanol–water partition coefficient (Wildman–Crippen LogP) is 4.04. The van der Waals surface area contributed by atoms with E-state index in [9.17, 15) is 0 Å². The molecule has 0 saturated heterocycles. The summed E-state index contributed by atoms with van der Waals surface area (Å²) < 4.78 is 0. The fraction of sp³-hybridized carbons (Fsp3) is 0.450. The SMILES string of the molecule is C=CCCCN(C)C(=NCc1cccc(N2CC=CC2)c1)NCC.I. The molecule has 0 aliphatic carbocycles. The van der Waals surface area contributed by atoms with Crippen molar-refractivity contribution in [1.29, 1.82) is 0 Å². The molecule has 138 valence electrons. The predicted molar refractivity (Wildman–Crippen MR) is 120 cm³/mol. The monoisotopic (exact) mass is 454 g/mol. The molecule has 1 aliphatic rings. The molecule has 2 rings (SSSR count). The van der Waals surface area contributed by atoms with Gasteiger partial charge in [0.05, 0.1) is 6.54 Å². The largest absolute Gasteiger partial charge is 0.364 e. The quantitative estimate of drug-likeness (QED) is 0.212. The van der Waals surface area contributed by atoms with Crippen LogP contribution in [0.1, 0.15) is 25.3 Å². The number of nitrogens with zero attached hydrogens (tertiary/aromatic N) is 3. The van der Waals surface area contributed by atoms with Gasteiger partial charge in [0.1, 0.15) is 0 Å². The average Bonchev–Trinajstić information content (AvgIpc) is 3.13. The Balaban J connectivity index is 0.00000312. The van der Waals surface area contributed by atoms with Gasteiger partial charge in [-0.15, -0.1) is 30.6 Å². The first-order chi connectivity index (χ1) is 11.7. The van der Waals surface area contributed by atoms with Crippen molar-refractivity contribution in [2.45, 2.75) is 26.3 Å². The van der Waals surface area contributed by atoms with Gasteiger partial charge in [-0.1, -0.05) is 30.4 Å². The summed E-state index contributed by atoms with van der Waals surface area (Å²) in [6, 6.07) is 8.70. The van der Waals surface area contributed by atoms with E-state index in [1.54, 1.807) is 0 Å². The molecule has 0 radical (unpaired) electrons. The molecule has 4 nitrogen and oxygen atoms in total. The second-order valence-electron chi connectivity index (χ2n) is 6.07. The molecule has 0 amide bonds. The summed E-state index contributed by atoms with van der Waals surface area (Å²) in [5.41, 5.74) is 2.52. The van der Waals surface area contributed by atoms with E-state index >= 15 is 0 Å². The maximum Gasteiger partial charge on any atom is 0.193 e. The molecule has 0 aromatic heterocycles. The number of anilines is 1. The molecular weight excluding hydrogens is 423 g/mol. The molecule has 0 saturated carbocycles. The van der Waals surface area contributed by atoms with Gasteiger partial charge in [0.25, 0.3) is 0 Å². The Bertz CT molecular complexity index is 575. The van der Waals surface area contributed by atoms with Gasteiger partial charge in [-0.05, 0) is 37.5 Å². The Morgan fingerprint density at radius 3 is 2.80 bits per heavy atom. The van der Waals surface area contributed by atoms with Crippen LogP contribution >= 0.6 is 24.0 Å². The van der Waals surface area contributed by atoms with E-state index in [0.29, 0.717) is 6.54 Å². The molecule has 0 fully saturated rings. The van der Waals surface area contributed by atoms with E-state index in [0.717, 1.165) is 45.0 Å². The molecule has 0 bridgehead atoms. The number of hydrogen-bond acceptors (Lipinski definition) is 2. The van der Waals surface area contributed by atoms with Gasteiger partial charge >= 0.3 is 0 Å². The zero-order valence-electron chi connectivity index (χ0n) is 15.4. The lowest BCUT2D eigenvalue weighted by Crippen LogP contribution is -2.39. The van der Waals surface area contributed by atoms with E-state index in [-0.39, 0.29) is 24.0 Å². The first kappa shape index (κ1) is 21.5. The molecule has 0 spiro atoms. The van der Waals surface area contributed by atoms with Gasteiger partial charge in [-0.3, -0.25) is 0 Å². The molecule has 1 aromatic carbocycles. The Morgan fingerprint density at radius 1 is 1.36 bits per heavy atom. The van der Waals surface area contributed by atoms with Crippen LogP contribution in [0.25, 0.3) is 0 Å². The van der Waals surface area contributed by atoms with Crippen molar-refractivity contribution in [3.05, 3.63) is 54.6 Å². The van der Waals surface area contributed by atoms with Crippen LogP contribution in [0.4, 0.5) is 5.69 Å². The fourth-order valence-electron chi connectivity index (χ4n) is 2.75. The summed E-state index contributed by atoms with van der Waals surface area (Å²) in [6.45, 7) is 10.5. The van der Waals surface area contributed by atoms with Crippen LogP contribution < -0.4 is 10.2 Å². The highest BCUT2D eigenvalue weighted by atomic mass is 127. The Hall–Kier alpha value is -1.50. The minimum atomic E-state index is 0. The molecule has 1 N–H and O–H groups in total. The van der Waals surface area contributed by atoms with Crippen molar-refractivity contribution < 1.29 is 0 Å². The van der Waals surface area contributed by atoms with Gasteiger partial charge in [0, 0.05) is 38.9 Å². The number of unbranched alkanes of at least 4 members (excludes halogenated alkanes) is 1. The summed E-state index contributed by atoms with van der Waals surface area (Å²) in [4.78, 5) is 9.36. The molecule has 0 atom stereocenters. The summed E-state index contributed by atoms with van der Waals surface area (Å²) in [5, 5.41) is 3.38. The van der Waals surface area contributed by atoms with Gasteiger partial charge in [0.2, 0.25) is 0 Å². The maximum atomic E-state index is 4.80. The molecule has 5 heteroatoms. The van der Waals surface area contributed by atoms with Crippen molar-refractivity contribution in [1.82, 2.24) is 10.2 Å². The van der Waals surface area contributed by atoms with Crippen LogP contribution in [0.15, 0.2) is 54.1 Å². The van der Waals surface area contributed by atoms with Crippen LogP contribution in [0, 0.1) is 0 Å². The van der Waals surface area contributed by atoms with Crippen LogP contribution in [0.3, 0.4) is 0 Å². The van der Waals surface area contributed by atoms with Crippen molar-refractivity contribution in [3.63, 3.8) is 0 Å². The summed E-state index contributed by atoms with van der Waals surface area (Å²) in [5.74, 6) is 0.967. The third-order valence-corrected chi connectivity index (χ3v) is 4.10. The van der Waals surface area contributed by atoms with E-state index in [4.69, 9.17) is 4.99 Å². The van der Waals surface area contributed by atoms with Crippen molar-refractivity contribution in [3.8, 4) is 0 Å². The highest BCUT2D eigenvalue weighted by molar-refractivity contribution is 14.0. The van der Waals surface area contributed by atoms with E-state index < -0.39 is 0 Å². The topological polar surface area (TPSA) is 30.9 Å². The first-order valence-electron chi connectivity index (χ1n) is 8.83. The smallest absolute Gasteiger partial charge is 0.193 e. The Kier molecular flexibility index (Phi) is 10.3. The Labute approximate surface area is 169 Å². The summed E-state index contributed by atoms with van der Waals surface area (Å²) >= 11 is 0. The fourth-order valence-corrected chi connectivity index (χ4v) is 2.75. The molecule has 1 heterocycles. The molecule has 1 aliphatic heterocycles. The van der Waals surface area contributed by atoms with Crippen molar-refractivity contribution in [2.75, 3.05) is 38.1 Å². The van der Waals surface area contributed by atoms with Gasteiger partial charge in [0.15, 0.2) is 5.96 Å². The Morgan fingerprint density at radius 2 is 2.12 bits per heavy atom. The van der Waals surface area contributed by atoms with Crippen LogP contribution in [0.2, 0.25) is 0 Å². The minimum absolute atomic E-state index is 0. The average molecular weight is 454 g/mol. The molecule has 0 unspecified atom stereocenters. The molecular formula is C20H31IN4. The van der Waals surface area contributed by atoms with Crippen LogP contribution in [-0.4, -0.2) is 44.1 Å². The first-order valence-corrected chi connectivity index (χ1v) is 8.83. The number of allylic oxidation sites excluding steroid dienone is 1. The van der Waals surface area contributed by atoms with Crippen LogP contribution in [0.5, 0.6) is 0 Å². The normalized spacial score (nSPS) is 13.5. The van der Waals surface area contributed by atoms with Crippen molar-refractivity contribution >= 4 is 35.6 Å². The van der Waals surface area contributed by atoms with E-state index in [1.807, 2.05) is 6.08 Å². The third kappa shape index (κ3) is 7.10. The summed E-state index contributed by atoms with van der Waals surface area (Å²) in [6.07, 6.45) is 8.53. The van der Waals surface area contributed by atoms with Crippen LogP contribution in [-0.2, 0) is 6.54 Å². The van der Waals surface area contributed by atoms with E-state index in [2.05, 4.69) is 72.1 Å². The van der Waals surface area contributed by atoms with E-state index in [1.165, 1.54) is 11.3 Å². The standard InChI is InChI=1S/C20H30N4.HI/c1-4-6-7-13-23(3)20(21-5-2)22-17-18-11-10-12-19(16-18)24-14-8-9-15-24;/h4,8-12,16H,1,5-7,13-15,17H2,2-3H3,(H,21,22);1H. The number of benzene rings is 1. The molecule has 25 heavy (non-hydrogen) atoms. The highest BCUT2D eigenvalue weighted by Gasteiger charge is 2.08. The number of rotatable bonds is 8. The van der Waals surface area contributed by atoms with Gasteiger partial charge in [-0.25, -0.2) is 4.99 Å². The zero-order chi connectivity index (χ0) is 17.2. The second-order valence-corrected chi connectivity index (χ2v) is 6.07.